The number of halogens is 4. The first-order valence-corrected chi connectivity index (χ1v) is 16.9. The molecule has 5 nitrogen and oxygen atoms in total. The molecule has 0 amide bonds. The van der Waals surface area contributed by atoms with E-state index in [4.69, 9.17) is 14.2 Å². The summed E-state index contributed by atoms with van der Waals surface area (Å²) < 4.78 is 21.0. The Morgan fingerprint density at radius 2 is 1.14 bits per heavy atom. The van der Waals surface area contributed by atoms with Gasteiger partial charge >= 0.3 is 5.97 Å². The van der Waals surface area contributed by atoms with Crippen molar-refractivity contribution in [3.63, 3.8) is 0 Å². The third-order valence-corrected chi connectivity index (χ3v) is 9.02. The van der Waals surface area contributed by atoms with Crippen molar-refractivity contribution in [2.45, 2.75) is 59.8 Å². The Labute approximate surface area is 275 Å². The van der Waals surface area contributed by atoms with Gasteiger partial charge in [-0.1, -0.05) is 13.3 Å². The highest BCUT2D eigenvalue weighted by molar-refractivity contribution is 14.1. The Hall–Kier alpha value is 0.1000. The van der Waals surface area contributed by atoms with Gasteiger partial charge < -0.3 is 14.2 Å². The van der Waals surface area contributed by atoms with Gasteiger partial charge in [0.1, 0.15) is 17.3 Å². The minimum atomic E-state index is -0.517. The summed E-state index contributed by atoms with van der Waals surface area (Å²) in [5.41, 5.74) is 2.12. The van der Waals surface area contributed by atoms with E-state index in [1.54, 1.807) is 6.92 Å². The zero-order chi connectivity index (χ0) is 27.5. The van der Waals surface area contributed by atoms with Gasteiger partial charge in [0, 0.05) is 12.3 Å². The van der Waals surface area contributed by atoms with Crippen molar-refractivity contribution in [2.24, 2.45) is 11.8 Å². The molecular formula is C28H34I4O5. The zero-order valence-corrected chi connectivity index (χ0v) is 30.3. The average molecular weight is 958 g/mol. The molecule has 37 heavy (non-hydrogen) atoms. The van der Waals surface area contributed by atoms with E-state index in [9.17, 15) is 9.59 Å². The number of carbonyl (C=O) groups excluding carboxylic acids is 2. The third-order valence-electron chi connectivity index (χ3n) is 5.82. The molecule has 2 aromatic rings. The molecule has 2 rings (SSSR count). The number of rotatable bonds is 15. The van der Waals surface area contributed by atoms with E-state index in [0.29, 0.717) is 32.7 Å². The number of Topliss-reactive ketones (excluding diaryl/α,β-unsaturated/α-hetero) is 1. The van der Waals surface area contributed by atoms with Crippen LogP contribution in [0.4, 0.5) is 0 Å². The second-order valence-corrected chi connectivity index (χ2v) is 13.3. The summed E-state index contributed by atoms with van der Waals surface area (Å²) in [6.45, 7) is 9.34. The van der Waals surface area contributed by atoms with Crippen LogP contribution in [0.5, 0.6) is 11.5 Å². The molecule has 0 heterocycles. The maximum atomic E-state index is 13.6. The molecule has 0 fully saturated rings. The average Bonchev–Trinajstić information content (AvgIpc) is 2.83. The maximum absolute atomic E-state index is 13.6. The quantitative estimate of drug-likeness (QED) is 0.133. The predicted molar refractivity (Wildman–Crippen MR) is 182 cm³/mol. The third kappa shape index (κ3) is 10.2. The second kappa shape index (κ2) is 17.0. The predicted octanol–water partition coefficient (Wildman–Crippen LogP) is 8.24. The number of esters is 1. The summed E-state index contributed by atoms with van der Waals surface area (Å²) in [7, 11) is 0. The summed E-state index contributed by atoms with van der Waals surface area (Å²) in [5, 5.41) is 0. The van der Waals surface area contributed by atoms with E-state index < -0.39 is 5.92 Å². The Morgan fingerprint density at radius 1 is 0.703 bits per heavy atom. The molecule has 0 aliphatic rings. The van der Waals surface area contributed by atoms with E-state index >= 15 is 0 Å². The molecular weight excluding hydrogens is 924 g/mol. The lowest BCUT2D eigenvalue weighted by molar-refractivity contribution is -0.150. The maximum Gasteiger partial charge on any atom is 0.309 e. The van der Waals surface area contributed by atoms with Crippen LogP contribution >= 0.6 is 90.4 Å². The smallest absolute Gasteiger partial charge is 0.309 e. The van der Waals surface area contributed by atoms with E-state index in [2.05, 4.69) is 109 Å². The van der Waals surface area contributed by atoms with Crippen LogP contribution in [0.25, 0.3) is 0 Å². The number of benzene rings is 2. The van der Waals surface area contributed by atoms with E-state index in [0.717, 1.165) is 49.7 Å². The summed E-state index contributed by atoms with van der Waals surface area (Å²) >= 11 is 9.12. The monoisotopic (exact) mass is 958 g/mol. The number of ketones is 1. The number of hydrogen-bond acceptors (Lipinski definition) is 5. The molecule has 204 valence electrons. The highest BCUT2D eigenvalue weighted by Gasteiger charge is 2.28. The molecule has 0 saturated carbocycles. The van der Waals surface area contributed by atoms with Crippen LogP contribution in [-0.2, 0) is 27.2 Å². The van der Waals surface area contributed by atoms with Gasteiger partial charge in [-0.05, 0) is 166 Å². The van der Waals surface area contributed by atoms with Crippen molar-refractivity contribution in [2.75, 3.05) is 19.8 Å². The molecule has 2 aromatic carbocycles. The fourth-order valence-electron chi connectivity index (χ4n) is 4.23. The van der Waals surface area contributed by atoms with Gasteiger partial charge in [-0.15, -0.1) is 0 Å². The van der Waals surface area contributed by atoms with Gasteiger partial charge in [0.05, 0.1) is 40.0 Å². The van der Waals surface area contributed by atoms with Gasteiger partial charge in [0.2, 0.25) is 0 Å². The fourth-order valence-corrected chi connectivity index (χ4v) is 8.64. The van der Waals surface area contributed by atoms with Gasteiger partial charge in [0.15, 0.2) is 0 Å². The fraction of sp³-hybridized carbons (Fsp3) is 0.500. The van der Waals surface area contributed by atoms with Crippen LogP contribution in [0.15, 0.2) is 24.3 Å². The Kier molecular flexibility index (Phi) is 15.3. The number of hydrogen-bond donors (Lipinski definition) is 0. The molecule has 0 aliphatic carbocycles. The lowest BCUT2D eigenvalue weighted by Crippen LogP contribution is -2.27. The molecule has 0 saturated heterocycles. The normalized spacial score (nSPS) is 12.6. The summed E-state index contributed by atoms with van der Waals surface area (Å²) in [4.78, 5) is 26.5. The van der Waals surface area contributed by atoms with Crippen LogP contribution in [0.3, 0.4) is 0 Å². The first kappa shape index (κ1) is 33.3. The molecule has 2 unspecified atom stereocenters. The van der Waals surface area contributed by atoms with Crippen molar-refractivity contribution < 1.29 is 23.8 Å². The Balaban J connectivity index is 2.26. The standard InChI is InChI=1S/C28H34I4O5/c1-5-9-19(10-17-12-21(29)26(35-6-2)22(30)13-17)25(33)16-20(28(34)37-8-4)11-18-14-23(31)27(36-7-3)24(32)15-18/h12-15,19-20H,5-11,16H2,1-4H3. The van der Waals surface area contributed by atoms with E-state index in [1.165, 1.54) is 0 Å². The van der Waals surface area contributed by atoms with Crippen LogP contribution < -0.4 is 9.47 Å². The van der Waals surface area contributed by atoms with Crippen LogP contribution in [0.1, 0.15) is 58.1 Å². The summed E-state index contributed by atoms with van der Waals surface area (Å²) in [6.07, 6.45) is 2.98. The van der Waals surface area contributed by atoms with E-state index in [1.807, 2.05) is 26.0 Å². The highest BCUT2D eigenvalue weighted by atomic mass is 127. The number of ether oxygens (including phenoxy) is 3. The molecule has 0 spiro atoms. The second-order valence-electron chi connectivity index (χ2n) is 8.66. The Morgan fingerprint density at radius 3 is 1.51 bits per heavy atom. The van der Waals surface area contributed by atoms with Gasteiger partial charge in [-0.25, -0.2) is 0 Å². The lowest BCUT2D eigenvalue weighted by atomic mass is 9.85. The Bertz CT molecular complexity index is 1030. The van der Waals surface area contributed by atoms with Crippen LogP contribution in [0, 0.1) is 26.1 Å². The topological polar surface area (TPSA) is 61.8 Å². The highest BCUT2D eigenvalue weighted by Crippen LogP contribution is 2.32. The number of carbonyl (C=O) groups is 2. The zero-order valence-electron chi connectivity index (χ0n) is 21.7. The van der Waals surface area contributed by atoms with Gasteiger partial charge in [-0.3, -0.25) is 9.59 Å². The molecule has 0 N–H and O–H groups in total. The molecule has 0 bridgehead atoms. The van der Waals surface area contributed by atoms with Crippen molar-refractivity contribution >= 4 is 102 Å². The molecule has 0 aliphatic heterocycles. The van der Waals surface area contributed by atoms with Crippen LogP contribution in [0.2, 0.25) is 0 Å². The molecule has 2 atom stereocenters. The van der Waals surface area contributed by atoms with Crippen molar-refractivity contribution in [1.29, 1.82) is 0 Å². The van der Waals surface area contributed by atoms with Gasteiger partial charge in [-0.2, -0.15) is 0 Å². The molecule has 0 radical (unpaired) electrons. The summed E-state index contributed by atoms with van der Waals surface area (Å²) in [5.74, 6) is 0.903. The first-order valence-electron chi connectivity index (χ1n) is 12.6. The SMILES string of the molecule is CCCC(Cc1cc(I)c(OCC)c(I)c1)C(=O)CC(Cc1cc(I)c(OCC)c(I)c1)C(=O)OCC. The van der Waals surface area contributed by atoms with Crippen LogP contribution in [-0.4, -0.2) is 31.6 Å². The van der Waals surface area contributed by atoms with Crippen molar-refractivity contribution in [3.8, 4) is 11.5 Å². The molecule has 0 aromatic heterocycles. The van der Waals surface area contributed by atoms with E-state index in [-0.39, 0.29) is 24.1 Å². The van der Waals surface area contributed by atoms with Crippen molar-refractivity contribution in [1.82, 2.24) is 0 Å². The minimum Gasteiger partial charge on any atom is -0.492 e. The largest absolute Gasteiger partial charge is 0.492 e. The first-order chi connectivity index (χ1) is 17.6. The van der Waals surface area contributed by atoms with Crippen molar-refractivity contribution in [3.05, 3.63) is 49.7 Å². The lowest BCUT2D eigenvalue weighted by Gasteiger charge is -2.21. The summed E-state index contributed by atoms with van der Waals surface area (Å²) in [6, 6.07) is 8.29. The van der Waals surface area contributed by atoms with Gasteiger partial charge in [0.25, 0.3) is 0 Å². The minimum absolute atomic E-state index is 0.120. The molecule has 9 heteroatoms.